The molecule has 1 amide bonds. The fourth-order valence-corrected chi connectivity index (χ4v) is 4.06. The van der Waals surface area contributed by atoms with Crippen LogP contribution in [-0.2, 0) is 0 Å². The van der Waals surface area contributed by atoms with Gasteiger partial charge in [0.05, 0.1) is 12.8 Å². The summed E-state index contributed by atoms with van der Waals surface area (Å²) in [7, 11) is 3.20. The SMILES string of the molecule is COc1c(N=C(c2ccccc2)c2ccccc2)csc1C(=O)N(C)c1cc(C)on1. The van der Waals surface area contributed by atoms with Crippen molar-refractivity contribution in [3.8, 4) is 5.75 Å². The molecular formula is C24H21N3O3S. The maximum Gasteiger partial charge on any atom is 0.273 e. The van der Waals surface area contributed by atoms with E-state index in [-0.39, 0.29) is 5.91 Å². The first-order chi connectivity index (χ1) is 15.1. The molecular weight excluding hydrogens is 410 g/mol. The third-order valence-corrected chi connectivity index (χ3v) is 5.65. The molecule has 6 nitrogen and oxygen atoms in total. The zero-order valence-electron chi connectivity index (χ0n) is 17.4. The lowest BCUT2D eigenvalue weighted by Crippen LogP contribution is -2.26. The molecule has 2 aromatic carbocycles. The minimum Gasteiger partial charge on any atom is -0.493 e. The van der Waals surface area contributed by atoms with Crippen molar-refractivity contribution < 1.29 is 14.1 Å². The molecule has 0 unspecified atom stereocenters. The largest absolute Gasteiger partial charge is 0.493 e. The quantitative estimate of drug-likeness (QED) is 0.378. The number of anilines is 1. The molecule has 0 radical (unpaired) electrons. The first-order valence-electron chi connectivity index (χ1n) is 9.65. The monoisotopic (exact) mass is 431 g/mol. The molecule has 156 valence electrons. The number of benzene rings is 2. The highest BCUT2D eigenvalue weighted by atomic mass is 32.1. The predicted molar refractivity (Wildman–Crippen MR) is 123 cm³/mol. The molecule has 7 heteroatoms. The minimum absolute atomic E-state index is 0.238. The summed E-state index contributed by atoms with van der Waals surface area (Å²) in [6.07, 6.45) is 0. The van der Waals surface area contributed by atoms with Crippen LogP contribution >= 0.6 is 11.3 Å². The Morgan fingerprint density at radius 2 is 1.68 bits per heavy atom. The van der Waals surface area contributed by atoms with Crippen LogP contribution in [-0.4, -0.2) is 30.9 Å². The molecule has 0 fully saturated rings. The predicted octanol–water partition coefficient (Wildman–Crippen LogP) is 5.50. The van der Waals surface area contributed by atoms with Crippen LogP contribution in [0.3, 0.4) is 0 Å². The van der Waals surface area contributed by atoms with Gasteiger partial charge in [0, 0.05) is 29.6 Å². The van der Waals surface area contributed by atoms with Gasteiger partial charge in [-0.25, -0.2) is 4.99 Å². The molecule has 0 spiro atoms. The second kappa shape index (κ2) is 8.97. The second-order valence-corrected chi connectivity index (χ2v) is 7.72. The van der Waals surface area contributed by atoms with E-state index in [2.05, 4.69) is 5.16 Å². The molecule has 0 aliphatic heterocycles. The van der Waals surface area contributed by atoms with Crippen molar-refractivity contribution in [1.82, 2.24) is 5.16 Å². The number of methoxy groups -OCH3 is 1. The van der Waals surface area contributed by atoms with E-state index in [0.717, 1.165) is 16.8 Å². The Hall–Kier alpha value is -3.71. The lowest BCUT2D eigenvalue weighted by Gasteiger charge is -2.13. The van der Waals surface area contributed by atoms with Crippen LogP contribution < -0.4 is 9.64 Å². The Morgan fingerprint density at radius 3 is 2.19 bits per heavy atom. The Kier molecular flexibility index (Phi) is 5.95. The molecule has 0 N–H and O–H groups in total. The van der Waals surface area contributed by atoms with Crippen LogP contribution in [0.1, 0.15) is 26.6 Å². The number of aliphatic imine (C=N–C) groups is 1. The van der Waals surface area contributed by atoms with Gasteiger partial charge in [0.1, 0.15) is 16.3 Å². The first-order valence-corrected chi connectivity index (χ1v) is 10.5. The number of amides is 1. The Bertz CT molecular complexity index is 1170. The highest BCUT2D eigenvalue weighted by molar-refractivity contribution is 7.13. The summed E-state index contributed by atoms with van der Waals surface area (Å²) in [6, 6.07) is 21.6. The number of thiophene rings is 1. The van der Waals surface area contributed by atoms with E-state index in [4.69, 9.17) is 14.3 Å². The van der Waals surface area contributed by atoms with Crippen molar-refractivity contribution in [2.24, 2.45) is 4.99 Å². The number of carbonyl (C=O) groups is 1. The topological polar surface area (TPSA) is 67.9 Å². The van der Waals surface area contributed by atoms with Gasteiger partial charge in [0.15, 0.2) is 11.6 Å². The number of nitrogens with zero attached hydrogens (tertiary/aromatic N) is 3. The Labute approximate surface area is 184 Å². The zero-order valence-corrected chi connectivity index (χ0v) is 18.2. The second-order valence-electron chi connectivity index (χ2n) is 6.84. The van der Waals surface area contributed by atoms with Crippen molar-refractivity contribution in [3.05, 3.63) is 93.9 Å². The van der Waals surface area contributed by atoms with Crippen LogP contribution in [0.15, 0.2) is 81.6 Å². The van der Waals surface area contributed by atoms with E-state index in [1.807, 2.05) is 66.0 Å². The normalized spacial score (nSPS) is 10.5. The smallest absolute Gasteiger partial charge is 0.273 e. The fourth-order valence-electron chi connectivity index (χ4n) is 3.14. The summed E-state index contributed by atoms with van der Waals surface area (Å²) in [5, 5.41) is 5.75. The van der Waals surface area contributed by atoms with Gasteiger partial charge in [-0.1, -0.05) is 65.8 Å². The summed E-state index contributed by atoms with van der Waals surface area (Å²) >= 11 is 1.29. The van der Waals surface area contributed by atoms with Crippen molar-refractivity contribution >= 4 is 34.5 Å². The molecule has 0 bridgehead atoms. The molecule has 4 aromatic rings. The molecule has 0 aliphatic rings. The Balaban J connectivity index is 1.76. The van der Waals surface area contributed by atoms with Crippen LogP contribution in [0.2, 0.25) is 0 Å². The standard InChI is InChI=1S/C24H21N3O3S/c1-16-14-20(26-30-16)27(2)24(28)23-22(29-3)19(15-31-23)25-21(17-10-6-4-7-11-17)18-12-8-5-9-13-18/h4-15H,1-3H3. The zero-order chi connectivity index (χ0) is 21.8. The average molecular weight is 432 g/mol. The highest BCUT2D eigenvalue weighted by Gasteiger charge is 2.25. The summed E-state index contributed by atoms with van der Waals surface area (Å²) < 4.78 is 10.7. The Morgan fingerprint density at radius 1 is 1.06 bits per heavy atom. The summed E-state index contributed by atoms with van der Waals surface area (Å²) in [5.74, 6) is 1.27. The maximum atomic E-state index is 13.1. The van der Waals surface area contributed by atoms with Crippen molar-refractivity contribution in [1.29, 1.82) is 0 Å². The maximum absolute atomic E-state index is 13.1. The number of aryl methyl sites for hydroxylation is 1. The van der Waals surface area contributed by atoms with Crippen molar-refractivity contribution in [2.75, 3.05) is 19.1 Å². The molecule has 0 saturated heterocycles. The minimum atomic E-state index is -0.238. The van der Waals surface area contributed by atoms with Crippen LogP contribution in [0.5, 0.6) is 5.75 Å². The van der Waals surface area contributed by atoms with E-state index < -0.39 is 0 Å². The number of rotatable bonds is 6. The third kappa shape index (κ3) is 4.27. The fraction of sp³-hybridized carbons (Fsp3) is 0.125. The molecule has 0 saturated carbocycles. The first kappa shape index (κ1) is 20.6. The van der Waals surface area contributed by atoms with Gasteiger partial charge in [-0.2, -0.15) is 0 Å². The number of hydrogen-bond donors (Lipinski definition) is 0. The van der Waals surface area contributed by atoms with Gasteiger partial charge in [0.2, 0.25) is 0 Å². The summed E-state index contributed by atoms with van der Waals surface area (Å²) in [6.45, 7) is 1.78. The molecule has 2 heterocycles. The van der Waals surface area contributed by atoms with E-state index in [1.165, 1.54) is 16.2 Å². The van der Waals surface area contributed by atoms with E-state index in [1.54, 1.807) is 27.1 Å². The van der Waals surface area contributed by atoms with Crippen LogP contribution in [0.4, 0.5) is 11.5 Å². The van der Waals surface area contributed by atoms with Crippen molar-refractivity contribution in [3.63, 3.8) is 0 Å². The number of hydrogen-bond acceptors (Lipinski definition) is 6. The van der Waals surface area contributed by atoms with Crippen molar-refractivity contribution in [2.45, 2.75) is 6.92 Å². The van der Waals surface area contributed by atoms with Gasteiger partial charge in [0.25, 0.3) is 5.91 Å². The van der Waals surface area contributed by atoms with E-state index in [0.29, 0.717) is 27.9 Å². The van der Waals surface area contributed by atoms with Gasteiger partial charge >= 0.3 is 0 Å². The summed E-state index contributed by atoms with van der Waals surface area (Å²) in [4.78, 5) is 19.9. The lowest BCUT2D eigenvalue weighted by molar-refractivity contribution is 0.0992. The number of aromatic nitrogens is 1. The summed E-state index contributed by atoms with van der Waals surface area (Å²) in [5.41, 5.74) is 3.36. The van der Waals surface area contributed by atoms with Crippen LogP contribution in [0, 0.1) is 6.92 Å². The molecule has 31 heavy (non-hydrogen) atoms. The van der Waals surface area contributed by atoms with Gasteiger partial charge < -0.3 is 9.26 Å². The lowest BCUT2D eigenvalue weighted by atomic mass is 10.0. The van der Waals surface area contributed by atoms with Gasteiger partial charge in [-0.3, -0.25) is 9.69 Å². The molecule has 4 rings (SSSR count). The van der Waals surface area contributed by atoms with E-state index >= 15 is 0 Å². The third-order valence-electron chi connectivity index (χ3n) is 4.72. The van der Waals surface area contributed by atoms with Gasteiger partial charge in [-0.05, 0) is 6.92 Å². The molecule has 2 aromatic heterocycles. The number of ether oxygens (including phenoxy) is 1. The molecule has 0 aliphatic carbocycles. The highest BCUT2D eigenvalue weighted by Crippen LogP contribution is 2.39. The van der Waals surface area contributed by atoms with E-state index in [9.17, 15) is 4.79 Å². The van der Waals surface area contributed by atoms with Crippen LogP contribution in [0.25, 0.3) is 0 Å². The average Bonchev–Trinajstić information content (AvgIpc) is 3.43. The van der Waals surface area contributed by atoms with Gasteiger partial charge in [-0.15, -0.1) is 11.3 Å². The number of carbonyl (C=O) groups excluding carboxylic acids is 1. The molecule has 0 atom stereocenters.